The van der Waals surface area contributed by atoms with Gasteiger partial charge < -0.3 is 9.64 Å². The van der Waals surface area contributed by atoms with Crippen molar-refractivity contribution in [3.63, 3.8) is 0 Å². The summed E-state index contributed by atoms with van der Waals surface area (Å²) < 4.78 is 12.1. The Hall–Kier alpha value is -2.74. The summed E-state index contributed by atoms with van der Waals surface area (Å²) in [6.45, 7) is 11.0. The Bertz CT molecular complexity index is 1110. The van der Waals surface area contributed by atoms with Crippen LogP contribution in [-0.2, 0) is 4.74 Å². The quantitative estimate of drug-likeness (QED) is 0.579. The van der Waals surface area contributed by atoms with Gasteiger partial charge in [0.25, 0.3) is 0 Å². The van der Waals surface area contributed by atoms with Crippen molar-refractivity contribution in [1.82, 2.24) is 24.0 Å². The lowest BCUT2D eigenvalue weighted by molar-refractivity contribution is 0.0270. The maximum absolute atomic E-state index is 12.2. The predicted molar refractivity (Wildman–Crippen MR) is 119 cm³/mol. The second-order valence-corrected chi connectivity index (χ2v) is 9.54. The van der Waals surface area contributed by atoms with Crippen LogP contribution in [0.5, 0.6) is 0 Å². The maximum atomic E-state index is 12.2. The molecular weight excluding hydrogens is 398 g/mol. The third-order valence-corrected chi connectivity index (χ3v) is 5.70. The number of fused-ring (bicyclic) bond motifs is 1. The van der Waals surface area contributed by atoms with Crippen LogP contribution in [0.25, 0.3) is 27.9 Å². The molecule has 0 atom stereocenters. The van der Waals surface area contributed by atoms with Crippen molar-refractivity contribution in [3.05, 3.63) is 35.5 Å². The second kappa shape index (κ2) is 7.83. The predicted octanol–water partition coefficient (Wildman–Crippen LogP) is 5.16. The largest absolute Gasteiger partial charge is 0.444 e. The highest BCUT2D eigenvalue weighted by atomic mass is 32.1. The number of carbonyl (C=O) groups excluding carboxylic acids is 1. The highest BCUT2D eigenvalue weighted by Gasteiger charge is 2.25. The summed E-state index contributed by atoms with van der Waals surface area (Å²) >= 11 is 1.40. The zero-order chi connectivity index (χ0) is 21.5. The van der Waals surface area contributed by atoms with Gasteiger partial charge in [-0.05, 0) is 64.2 Å². The summed E-state index contributed by atoms with van der Waals surface area (Å²) in [5.41, 5.74) is 2.72. The van der Waals surface area contributed by atoms with Crippen LogP contribution in [-0.4, -0.2) is 48.8 Å². The van der Waals surface area contributed by atoms with Gasteiger partial charge in [-0.25, -0.2) is 9.78 Å². The Kier molecular flexibility index (Phi) is 5.36. The molecule has 158 valence electrons. The minimum Gasteiger partial charge on any atom is -0.444 e. The van der Waals surface area contributed by atoms with Crippen molar-refractivity contribution < 1.29 is 9.53 Å². The number of aromatic nitrogens is 4. The molecule has 0 bridgehead atoms. The fraction of sp³-hybridized carbons (Fsp3) is 0.455. The summed E-state index contributed by atoms with van der Waals surface area (Å²) in [5, 5.41) is 6.50. The number of hydrogen-bond donors (Lipinski definition) is 0. The van der Waals surface area contributed by atoms with Crippen LogP contribution in [0.3, 0.4) is 0 Å². The molecule has 4 rings (SSSR count). The molecule has 0 radical (unpaired) electrons. The van der Waals surface area contributed by atoms with Crippen molar-refractivity contribution in [2.24, 2.45) is 0 Å². The van der Waals surface area contributed by atoms with Crippen molar-refractivity contribution in [1.29, 1.82) is 0 Å². The van der Waals surface area contributed by atoms with Crippen LogP contribution in [0.15, 0.2) is 30.5 Å². The Morgan fingerprint density at radius 1 is 1.27 bits per heavy atom. The number of rotatable bonds is 3. The first-order valence-electron chi connectivity index (χ1n) is 10.2. The van der Waals surface area contributed by atoms with Gasteiger partial charge in [0.15, 0.2) is 5.82 Å². The van der Waals surface area contributed by atoms with Gasteiger partial charge in [-0.15, -0.1) is 0 Å². The lowest BCUT2D eigenvalue weighted by atomic mass is 10.1. The number of carbonyl (C=O) groups is 1. The summed E-state index contributed by atoms with van der Waals surface area (Å²) in [6.07, 6.45) is 4.41. The smallest absolute Gasteiger partial charge is 0.410 e. The van der Waals surface area contributed by atoms with Gasteiger partial charge in [0.05, 0.1) is 11.7 Å². The number of ether oxygens (including phenoxy) is 1. The first-order chi connectivity index (χ1) is 14.2. The van der Waals surface area contributed by atoms with Crippen LogP contribution in [0, 0.1) is 0 Å². The molecule has 3 aromatic rings. The average molecular weight is 426 g/mol. The van der Waals surface area contributed by atoms with Gasteiger partial charge >= 0.3 is 6.09 Å². The van der Waals surface area contributed by atoms with Gasteiger partial charge in [0, 0.05) is 30.1 Å². The van der Waals surface area contributed by atoms with Crippen LogP contribution < -0.4 is 0 Å². The lowest BCUT2D eigenvalue weighted by Crippen LogP contribution is -2.39. The Morgan fingerprint density at radius 2 is 2.07 bits per heavy atom. The van der Waals surface area contributed by atoms with E-state index in [1.807, 2.05) is 37.7 Å². The van der Waals surface area contributed by atoms with Crippen molar-refractivity contribution in [3.8, 4) is 11.4 Å². The molecule has 8 heteroatoms. The average Bonchev–Trinajstić information content (AvgIpc) is 3.33. The molecule has 3 heterocycles. The van der Waals surface area contributed by atoms with E-state index in [2.05, 4.69) is 41.5 Å². The minimum atomic E-state index is -0.485. The first-order valence-corrected chi connectivity index (χ1v) is 11.0. The van der Waals surface area contributed by atoms with E-state index in [-0.39, 0.29) is 12.1 Å². The van der Waals surface area contributed by atoms with E-state index in [1.54, 1.807) is 4.90 Å². The molecule has 30 heavy (non-hydrogen) atoms. The molecule has 0 N–H and O–H groups in total. The molecule has 1 amide bonds. The monoisotopic (exact) mass is 425 g/mol. The topological polar surface area (TPSA) is 73.1 Å². The summed E-state index contributed by atoms with van der Waals surface area (Å²) in [4.78, 5) is 18.7. The van der Waals surface area contributed by atoms with E-state index in [0.29, 0.717) is 13.1 Å². The van der Waals surface area contributed by atoms with Gasteiger partial charge in [-0.1, -0.05) is 18.2 Å². The Labute approximate surface area is 180 Å². The van der Waals surface area contributed by atoms with Crippen LogP contribution in [0.2, 0.25) is 0 Å². The van der Waals surface area contributed by atoms with Gasteiger partial charge in [0.2, 0.25) is 0 Å². The van der Waals surface area contributed by atoms with Crippen LogP contribution in [0.1, 0.15) is 52.1 Å². The van der Waals surface area contributed by atoms with E-state index >= 15 is 0 Å². The molecule has 1 aliphatic rings. The van der Waals surface area contributed by atoms with E-state index in [1.165, 1.54) is 11.5 Å². The van der Waals surface area contributed by atoms with Gasteiger partial charge in [-0.3, -0.25) is 4.68 Å². The Balaban J connectivity index is 1.52. The zero-order valence-electron chi connectivity index (χ0n) is 18.0. The highest BCUT2D eigenvalue weighted by Crippen LogP contribution is 2.29. The molecule has 0 saturated heterocycles. The van der Waals surface area contributed by atoms with Crippen LogP contribution in [0.4, 0.5) is 4.79 Å². The minimum absolute atomic E-state index is 0.272. The van der Waals surface area contributed by atoms with Crippen molar-refractivity contribution in [2.45, 2.75) is 52.7 Å². The molecular formula is C22H27N5O2S. The summed E-state index contributed by atoms with van der Waals surface area (Å²) in [6, 6.07) is 6.50. The maximum Gasteiger partial charge on any atom is 0.410 e. The van der Waals surface area contributed by atoms with E-state index in [9.17, 15) is 4.79 Å². The molecule has 0 aliphatic carbocycles. The number of nitrogens with zero attached hydrogens (tertiary/aromatic N) is 5. The molecule has 1 aromatic carbocycles. The third kappa shape index (κ3) is 4.23. The van der Waals surface area contributed by atoms with Gasteiger partial charge in [0.1, 0.15) is 10.6 Å². The molecule has 1 aliphatic heterocycles. The highest BCUT2D eigenvalue weighted by molar-refractivity contribution is 7.06. The van der Waals surface area contributed by atoms with E-state index < -0.39 is 5.60 Å². The first kappa shape index (κ1) is 20.5. The lowest BCUT2D eigenvalue weighted by Gasteiger charge is -2.29. The van der Waals surface area contributed by atoms with Gasteiger partial charge in [-0.2, -0.15) is 9.47 Å². The third-order valence-electron chi connectivity index (χ3n) is 4.91. The molecule has 2 aromatic heterocycles. The molecule has 0 spiro atoms. The fourth-order valence-corrected chi connectivity index (χ4v) is 4.16. The SMILES string of the molecule is CC(C)n1ncc2ccc(-c3nsc(C4=CCN(C(=O)OC(C)(C)C)CC4)n3)cc21. The van der Waals surface area contributed by atoms with Crippen molar-refractivity contribution in [2.75, 3.05) is 13.1 Å². The van der Waals surface area contributed by atoms with E-state index in [4.69, 9.17) is 9.72 Å². The normalized spacial score (nSPS) is 15.0. The number of hydrogen-bond acceptors (Lipinski definition) is 6. The second-order valence-electron chi connectivity index (χ2n) is 8.79. The fourth-order valence-electron chi connectivity index (χ4n) is 3.42. The number of benzene rings is 1. The number of amides is 1. The molecule has 0 unspecified atom stereocenters. The zero-order valence-corrected chi connectivity index (χ0v) is 18.9. The van der Waals surface area contributed by atoms with Crippen molar-refractivity contribution >= 4 is 34.1 Å². The van der Waals surface area contributed by atoms with Crippen LogP contribution >= 0.6 is 11.5 Å². The standard InChI is InChI=1S/C22H27N5O2S/c1-14(2)27-18-12-16(6-7-17(18)13-23-27)19-24-20(30-25-19)15-8-10-26(11-9-15)21(28)29-22(3,4)5/h6-8,12-14H,9-11H2,1-5H3. The van der Waals surface area contributed by atoms with E-state index in [0.717, 1.165) is 39.3 Å². The molecule has 7 nitrogen and oxygen atoms in total. The molecule has 0 saturated carbocycles. The molecule has 0 fully saturated rings. The summed E-state index contributed by atoms with van der Waals surface area (Å²) in [7, 11) is 0. The summed E-state index contributed by atoms with van der Waals surface area (Å²) in [5.74, 6) is 0.726. The Morgan fingerprint density at radius 3 is 2.73 bits per heavy atom.